The monoisotopic (exact) mass is 328 g/mol. The lowest BCUT2D eigenvalue weighted by molar-refractivity contribution is -0.274. The second-order valence-corrected chi connectivity index (χ2v) is 6.97. The molecule has 5 unspecified atom stereocenters. The molecule has 0 radical (unpaired) electrons. The van der Waals surface area contributed by atoms with Gasteiger partial charge >= 0.3 is 5.97 Å². The van der Waals surface area contributed by atoms with Gasteiger partial charge in [0, 0.05) is 5.92 Å². The van der Waals surface area contributed by atoms with Crippen LogP contribution in [0.15, 0.2) is 0 Å². The first-order valence-electron chi connectivity index (χ1n) is 9.15. The SMILES string of the molecule is CCC1C(C)OC(=O)C1(CC)C(O)OC(C)OC1CCCCC1. The first kappa shape index (κ1) is 18.7. The summed E-state index contributed by atoms with van der Waals surface area (Å²) in [6, 6.07) is 0. The lowest BCUT2D eigenvalue weighted by Gasteiger charge is -2.36. The second kappa shape index (κ2) is 7.95. The van der Waals surface area contributed by atoms with Crippen molar-refractivity contribution in [2.24, 2.45) is 11.3 Å². The summed E-state index contributed by atoms with van der Waals surface area (Å²) in [4.78, 5) is 12.4. The van der Waals surface area contributed by atoms with Crippen LogP contribution >= 0.6 is 0 Å². The van der Waals surface area contributed by atoms with Crippen molar-refractivity contribution in [1.82, 2.24) is 0 Å². The van der Waals surface area contributed by atoms with Crippen LogP contribution in [0.3, 0.4) is 0 Å². The zero-order chi connectivity index (χ0) is 17.0. The first-order valence-corrected chi connectivity index (χ1v) is 9.15. The van der Waals surface area contributed by atoms with E-state index in [1.54, 1.807) is 6.92 Å². The van der Waals surface area contributed by atoms with E-state index in [2.05, 4.69) is 0 Å². The molecule has 1 saturated carbocycles. The zero-order valence-electron chi connectivity index (χ0n) is 14.9. The second-order valence-electron chi connectivity index (χ2n) is 6.97. The van der Waals surface area contributed by atoms with Crippen molar-refractivity contribution in [1.29, 1.82) is 0 Å². The van der Waals surface area contributed by atoms with Crippen molar-refractivity contribution in [3.8, 4) is 0 Å². The summed E-state index contributed by atoms with van der Waals surface area (Å²) in [6.45, 7) is 7.60. The summed E-state index contributed by atoms with van der Waals surface area (Å²) in [5.74, 6) is -0.395. The van der Waals surface area contributed by atoms with Gasteiger partial charge in [0.2, 0.25) is 0 Å². The van der Waals surface area contributed by atoms with E-state index in [9.17, 15) is 9.90 Å². The fraction of sp³-hybridized carbons (Fsp3) is 0.944. The van der Waals surface area contributed by atoms with Crippen molar-refractivity contribution in [3.05, 3.63) is 0 Å². The van der Waals surface area contributed by atoms with Gasteiger partial charge in [0.1, 0.15) is 11.5 Å². The van der Waals surface area contributed by atoms with Gasteiger partial charge in [-0.15, -0.1) is 0 Å². The molecule has 0 bridgehead atoms. The van der Waals surface area contributed by atoms with Crippen LogP contribution in [0.2, 0.25) is 0 Å². The molecule has 0 aromatic carbocycles. The fourth-order valence-corrected chi connectivity index (χ4v) is 4.30. The molecule has 5 nitrogen and oxygen atoms in total. The van der Waals surface area contributed by atoms with E-state index in [1.165, 1.54) is 19.3 Å². The Morgan fingerprint density at radius 3 is 2.52 bits per heavy atom. The highest BCUT2D eigenvalue weighted by Crippen LogP contribution is 2.47. The number of cyclic esters (lactones) is 1. The molecule has 1 aliphatic heterocycles. The average molecular weight is 328 g/mol. The Labute approximate surface area is 139 Å². The van der Waals surface area contributed by atoms with Crippen LogP contribution in [-0.2, 0) is 19.0 Å². The summed E-state index contributed by atoms with van der Waals surface area (Å²) >= 11 is 0. The Morgan fingerprint density at radius 2 is 1.96 bits per heavy atom. The summed E-state index contributed by atoms with van der Waals surface area (Å²) in [5, 5.41) is 10.7. The molecule has 1 aliphatic carbocycles. The van der Waals surface area contributed by atoms with Crippen LogP contribution in [0.25, 0.3) is 0 Å². The number of esters is 1. The topological polar surface area (TPSA) is 65.0 Å². The van der Waals surface area contributed by atoms with Gasteiger partial charge in [-0.3, -0.25) is 4.79 Å². The minimum absolute atomic E-state index is 0.0446. The Hall–Kier alpha value is -0.650. The Morgan fingerprint density at radius 1 is 1.30 bits per heavy atom. The van der Waals surface area contributed by atoms with Crippen LogP contribution in [-0.4, -0.2) is 35.9 Å². The maximum absolute atomic E-state index is 12.4. The molecule has 2 rings (SSSR count). The number of hydrogen-bond donors (Lipinski definition) is 1. The number of aliphatic hydroxyl groups is 1. The molecule has 0 aromatic heterocycles. The van der Waals surface area contributed by atoms with Gasteiger partial charge in [-0.25, -0.2) is 0 Å². The number of hydrogen-bond acceptors (Lipinski definition) is 5. The van der Waals surface area contributed by atoms with E-state index in [0.717, 1.165) is 19.3 Å². The highest BCUT2D eigenvalue weighted by Gasteiger charge is 2.59. The molecule has 5 atom stereocenters. The lowest BCUT2D eigenvalue weighted by Crippen LogP contribution is -2.47. The number of ether oxygens (including phenoxy) is 3. The normalized spacial score (nSPS) is 35.1. The maximum Gasteiger partial charge on any atom is 0.317 e. The highest BCUT2D eigenvalue weighted by atomic mass is 16.7. The third kappa shape index (κ3) is 3.72. The predicted molar refractivity (Wildman–Crippen MR) is 86.6 cm³/mol. The summed E-state index contributed by atoms with van der Waals surface area (Å²) in [6.07, 6.45) is 5.23. The molecule has 2 fully saturated rings. The standard InChI is InChI=1S/C18H32O5/c1-5-15-12(3)21-16(19)18(15,6-2)17(20)23-13(4)22-14-10-8-7-9-11-14/h12-15,17,20H,5-11H2,1-4H3. The first-order chi connectivity index (χ1) is 11.0. The molecule has 23 heavy (non-hydrogen) atoms. The molecule has 0 spiro atoms. The number of aliphatic hydroxyl groups excluding tert-OH is 1. The molecule has 0 amide bonds. The Balaban J connectivity index is 2.01. The minimum atomic E-state index is -1.20. The van der Waals surface area contributed by atoms with Crippen molar-refractivity contribution in [2.45, 2.75) is 97.4 Å². The predicted octanol–water partition coefficient (Wildman–Crippen LogP) is 3.38. The average Bonchev–Trinajstić information content (AvgIpc) is 2.78. The Bertz CT molecular complexity index is 393. The third-order valence-corrected chi connectivity index (χ3v) is 5.62. The smallest absolute Gasteiger partial charge is 0.317 e. The molecule has 0 aromatic rings. The van der Waals surface area contributed by atoms with Gasteiger partial charge in [-0.1, -0.05) is 33.1 Å². The minimum Gasteiger partial charge on any atom is -0.462 e. The van der Waals surface area contributed by atoms with Crippen LogP contribution in [0, 0.1) is 11.3 Å². The van der Waals surface area contributed by atoms with Gasteiger partial charge in [0.15, 0.2) is 12.6 Å². The van der Waals surface area contributed by atoms with Crippen molar-refractivity contribution < 1.29 is 24.1 Å². The quantitative estimate of drug-likeness (QED) is 0.573. The van der Waals surface area contributed by atoms with Crippen molar-refractivity contribution >= 4 is 5.97 Å². The van der Waals surface area contributed by atoms with E-state index >= 15 is 0 Å². The van der Waals surface area contributed by atoms with E-state index < -0.39 is 18.0 Å². The summed E-state index contributed by atoms with van der Waals surface area (Å²) < 4.78 is 17.0. The van der Waals surface area contributed by atoms with E-state index in [4.69, 9.17) is 14.2 Å². The summed E-state index contributed by atoms with van der Waals surface area (Å²) in [7, 11) is 0. The zero-order valence-corrected chi connectivity index (χ0v) is 14.9. The molecule has 1 saturated heterocycles. The highest BCUT2D eigenvalue weighted by molar-refractivity contribution is 5.80. The number of carbonyl (C=O) groups is 1. The molecular weight excluding hydrogens is 296 g/mol. The van der Waals surface area contributed by atoms with Crippen molar-refractivity contribution in [2.75, 3.05) is 0 Å². The van der Waals surface area contributed by atoms with Crippen molar-refractivity contribution in [3.63, 3.8) is 0 Å². The van der Waals surface area contributed by atoms with E-state index in [1.807, 2.05) is 20.8 Å². The fourth-order valence-electron chi connectivity index (χ4n) is 4.30. The van der Waals surface area contributed by atoms with E-state index in [-0.39, 0.29) is 24.1 Å². The van der Waals surface area contributed by atoms with Gasteiger partial charge in [-0.05, 0) is 39.5 Å². The third-order valence-electron chi connectivity index (χ3n) is 5.62. The number of rotatable bonds is 7. The van der Waals surface area contributed by atoms with Gasteiger partial charge in [0.05, 0.1) is 6.10 Å². The summed E-state index contributed by atoms with van der Waals surface area (Å²) in [5.41, 5.74) is -0.988. The lowest BCUT2D eigenvalue weighted by atomic mass is 9.71. The molecule has 5 heteroatoms. The Kier molecular flexibility index (Phi) is 6.46. The molecule has 2 aliphatic rings. The maximum atomic E-state index is 12.4. The number of carbonyl (C=O) groups excluding carboxylic acids is 1. The van der Waals surface area contributed by atoms with Crippen LogP contribution in [0.1, 0.15) is 72.6 Å². The van der Waals surface area contributed by atoms with Gasteiger partial charge in [0.25, 0.3) is 0 Å². The van der Waals surface area contributed by atoms with Gasteiger partial charge < -0.3 is 19.3 Å². The van der Waals surface area contributed by atoms with Crippen LogP contribution < -0.4 is 0 Å². The molecular formula is C18H32O5. The van der Waals surface area contributed by atoms with E-state index in [0.29, 0.717) is 6.42 Å². The van der Waals surface area contributed by atoms with Crippen LogP contribution in [0.4, 0.5) is 0 Å². The molecule has 134 valence electrons. The van der Waals surface area contributed by atoms with Gasteiger partial charge in [-0.2, -0.15) is 0 Å². The van der Waals surface area contributed by atoms with Crippen LogP contribution in [0.5, 0.6) is 0 Å². The molecule has 1 heterocycles. The largest absolute Gasteiger partial charge is 0.462 e. The molecule has 1 N–H and O–H groups in total.